The zero-order valence-electron chi connectivity index (χ0n) is 10.9. The second kappa shape index (κ2) is 6.18. The summed E-state index contributed by atoms with van der Waals surface area (Å²) in [6, 6.07) is 6.67. The normalized spacial score (nSPS) is 20.5. The molecule has 0 bridgehead atoms. The number of ether oxygens (including phenoxy) is 2. The fourth-order valence-corrected chi connectivity index (χ4v) is 2.27. The predicted octanol–water partition coefficient (Wildman–Crippen LogP) is 3.60. The van der Waals surface area contributed by atoms with Gasteiger partial charge in [0, 0.05) is 6.61 Å². The third kappa shape index (κ3) is 3.83. The van der Waals surface area contributed by atoms with Crippen molar-refractivity contribution in [2.45, 2.75) is 52.4 Å². The first-order valence-corrected chi connectivity index (χ1v) is 6.60. The highest BCUT2D eigenvalue weighted by Crippen LogP contribution is 2.17. The summed E-state index contributed by atoms with van der Waals surface area (Å²) in [6.07, 6.45) is 4.51. The van der Waals surface area contributed by atoms with Crippen LogP contribution in [0.5, 0.6) is 0 Å². The Morgan fingerprint density at radius 1 is 1.24 bits per heavy atom. The Bertz CT molecular complexity index is 354. The molecular weight excluding hydrogens is 212 g/mol. The van der Waals surface area contributed by atoms with E-state index < -0.39 is 0 Å². The molecule has 1 atom stereocenters. The van der Waals surface area contributed by atoms with Crippen LogP contribution in [0.4, 0.5) is 0 Å². The van der Waals surface area contributed by atoms with E-state index in [4.69, 9.17) is 9.47 Å². The van der Waals surface area contributed by atoms with Gasteiger partial charge in [-0.2, -0.15) is 0 Å². The molecule has 17 heavy (non-hydrogen) atoms. The van der Waals surface area contributed by atoms with E-state index in [1.54, 1.807) is 0 Å². The van der Waals surface area contributed by atoms with Crippen molar-refractivity contribution in [2.75, 3.05) is 6.61 Å². The second-order valence-electron chi connectivity index (χ2n) is 4.79. The number of benzene rings is 1. The van der Waals surface area contributed by atoms with Gasteiger partial charge in [0.25, 0.3) is 0 Å². The van der Waals surface area contributed by atoms with E-state index in [-0.39, 0.29) is 6.29 Å². The molecule has 1 aromatic carbocycles. The van der Waals surface area contributed by atoms with Gasteiger partial charge >= 0.3 is 0 Å². The van der Waals surface area contributed by atoms with Crippen molar-refractivity contribution in [3.63, 3.8) is 0 Å². The minimum Gasteiger partial charge on any atom is -0.353 e. The molecule has 1 fully saturated rings. The molecule has 2 rings (SSSR count). The largest absolute Gasteiger partial charge is 0.353 e. The molecule has 0 aromatic heterocycles. The summed E-state index contributed by atoms with van der Waals surface area (Å²) in [5, 5.41) is 0. The third-order valence-corrected chi connectivity index (χ3v) is 3.18. The molecule has 94 valence electrons. The van der Waals surface area contributed by atoms with Gasteiger partial charge in [0.05, 0.1) is 6.61 Å². The van der Waals surface area contributed by atoms with Crippen LogP contribution < -0.4 is 0 Å². The van der Waals surface area contributed by atoms with Crippen molar-refractivity contribution < 1.29 is 9.47 Å². The topological polar surface area (TPSA) is 18.5 Å². The lowest BCUT2D eigenvalue weighted by Gasteiger charge is -2.22. The highest BCUT2D eigenvalue weighted by atomic mass is 16.7. The number of hydrogen-bond donors (Lipinski definition) is 0. The van der Waals surface area contributed by atoms with E-state index >= 15 is 0 Å². The summed E-state index contributed by atoms with van der Waals surface area (Å²) in [5.74, 6) is 0. The molecule has 0 aliphatic carbocycles. The van der Waals surface area contributed by atoms with E-state index in [0.717, 1.165) is 19.4 Å². The lowest BCUT2D eigenvalue weighted by molar-refractivity contribution is -0.168. The molecular formula is C15H22O2. The van der Waals surface area contributed by atoms with Crippen molar-refractivity contribution in [1.82, 2.24) is 0 Å². The maximum absolute atomic E-state index is 5.80. The smallest absolute Gasteiger partial charge is 0.158 e. The molecule has 1 saturated heterocycles. The minimum absolute atomic E-state index is 0.00865. The third-order valence-electron chi connectivity index (χ3n) is 3.18. The lowest BCUT2D eigenvalue weighted by atomic mass is 10.1. The molecule has 1 aromatic rings. The molecule has 1 unspecified atom stereocenters. The maximum atomic E-state index is 5.80. The van der Waals surface area contributed by atoms with Gasteiger partial charge in [-0.3, -0.25) is 0 Å². The zero-order chi connectivity index (χ0) is 12.1. The van der Waals surface area contributed by atoms with Crippen molar-refractivity contribution in [3.8, 4) is 0 Å². The molecule has 1 heterocycles. The van der Waals surface area contributed by atoms with Crippen LogP contribution in [-0.4, -0.2) is 12.9 Å². The van der Waals surface area contributed by atoms with Crippen LogP contribution in [0.15, 0.2) is 18.2 Å². The molecule has 0 spiro atoms. The Balaban J connectivity index is 1.91. The SMILES string of the molecule is CCc1cc(C)cc(COC2CCCCO2)c1. The van der Waals surface area contributed by atoms with Gasteiger partial charge in [-0.15, -0.1) is 0 Å². The summed E-state index contributed by atoms with van der Waals surface area (Å²) in [6.45, 7) is 5.83. The molecule has 1 aliphatic heterocycles. The molecule has 0 radical (unpaired) electrons. The summed E-state index contributed by atoms with van der Waals surface area (Å²) < 4.78 is 11.4. The van der Waals surface area contributed by atoms with Crippen LogP contribution in [0, 0.1) is 6.92 Å². The summed E-state index contributed by atoms with van der Waals surface area (Å²) in [7, 11) is 0. The lowest BCUT2D eigenvalue weighted by Crippen LogP contribution is -2.22. The fraction of sp³-hybridized carbons (Fsp3) is 0.600. The number of aryl methyl sites for hydroxylation is 2. The van der Waals surface area contributed by atoms with Crippen LogP contribution in [0.3, 0.4) is 0 Å². The van der Waals surface area contributed by atoms with E-state index in [1.807, 2.05) is 0 Å². The van der Waals surface area contributed by atoms with Gasteiger partial charge in [0.1, 0.15) is 0 Å². The maximum Gasteiger partial charge on any atom is 0.158 e. The molecule has 0 saturated carbocycles. The summed E-state index contributed by atoms with van der Waals surface area (Å²) in [5.41, 5.74) is 3.96. The van der Waals surface area contributed by atoms with Gasteiger partial charge in [-0.1, -0.05) is 30.7 Å². The van der Waals surface area contributed by atoms with Crippen molar-refractivity contribution in [1.29, 1.82) is 0 Å². The highest BCUT2D eigenvalue weighted by Gasteiger charge is 2.13. The van der Waals surface area contributed by atoms with Crippen LogP contribution in [0.2, 0.25) is 0 Å². The molecule has 1 aliphatic rings. The van der Waals surface area contributed by atoms with E-state index in [0.29, 0.717) is 6.61 Å². The number of hydrogen-bond acceptors (Lipinski definition) is 2. The van der Waals surface area contributed by atoms with E-state index in [2.05, 4.69) is 32.0 Å². The Morgan fingerprint density at radius 3 is 2.76 bits per heavy atom. The monoisotopic (exact) mass is 234 g/mol. The summed E-state index contributed by atoms with van der Waals surface area (Å²) >= 11 is 0. The Kier molecular flexibility index (Phi) is 4.57. The Morgan fingerprint density at radius 2 is 2.06 bits per heavy atom. The van der Waals surface area contributed by atoms with Gasteiger partial charge < -0.3 is 9.47 Å². The summed E-state index contributed by atoms with van der Waals surface area (Å²) in [4.78, 5) is 0. The Labute approximate surface area is 104 Å². The second-order valence-corrected chi connectivity index (χ2v) is 4.79. The molecule has 0 N–H and O–H groups in total. The average molecular weight is 234 g/mol. The molecule has 0 amide bonds. The van der Waals surface area contributed by atoms with E-state index in [9.17, 15) is 0 Å². The van der Waals surface area contributed by atoms with Crippen molar-refractivity contribution in [3.05, 3.63) is 34.9 Å². The fourth-order valence-electron chi connectivity index (χ4n) is 2.27. The van der Waals surface area contributed by atoms with E-state index in [1.165, 1.54) is 29.5 Å². The first kappa shape index (κ1) is 12.6. The Hall–Kier alpha value is -0.860. The quantitative estimate of drug-likeness (QED) is 0.792. The van der Waals surface area contributed by atoms with Crippen LogP contribution in [-0.2, 0) is 22.5 Å². The van der Waals surface area contributed by atoms with Crippen LogP contribution in [0.25, 0.3) is 0 Å². The minimum atomic E-state index is 0.00865. The van der Waals surface area contributed by atoms with Gasteiger partial charge in [0.15, 0.2) is 6.29 Å². The average Bonchev–Trinajstić information content (AvgIpc) is 2.37. The van der Waals surface area contributed by atoms with Gasteiger partial charge in [-0.25, -0.2) is 0 Å². The standard InChI is InChI=1S/C15H22O2/c1-3-13-8-12(2)9-14(10-13)11-17-15-6-4-5-7-16-15/h8-10,15H,3-7,11H2,1-2H3. The van der Waals surface area contributed by atoms with Crippen LogP contribution >= 0.6 is 0 Å². The van der Waals surface area contributed by atoms with Crippen LogP contribution in [0.1, 0.15) is 42.9 Å². The highest BCUT2D eigenvalue weighted by molar-refractivity contribution is 5.29. The molecule has 2 heteroatoms. The van der Waals surface area contributed by atoms with Gasteiger partial charge in [-0.05, 0) is 43.7 Å². The van der Waals surface area contributed by atoms with Gasteiger partial charge in [0.2, 0.25) is 0 Å². The first-order valence-electron chi connectivity index (χ1n) is 6.60. The van der Waals surface area contributed by atoms with Crippen molar-refractivity contribution >= 4 is 0 Å². The first-order chi connectivity index (χ1) is 8.28. The van der Waals surface area contributed by atoms with Crippen molar-refractivity contribution in [2.24, 2.45) is 0 Å². The number of rotatable bonds is 4. The zero-order valence-corrected chi connectivity index (χ0v) is 10.9. The predicted molar refractivity (Wildman–Crippen MR) is 68.9 cm³/mol. The molecule has 2 nitrogen and oxygen atoms in total.